The van der Waals surface area contributed by atoms with E-state index in [-0.39, 0.29) is 11.4 Å². The molecule has 1 saturated carbocycles. The third-order valence-corrected chi connectivity index (χ3v) is 6.96. The number of hydrogen-bond donors (Lipinski definition) is 0. The van der Waals surface area contributed by atoms with E-state index < -0.39 is 0 Å². The fourth-order valence-electron chi connectivity index (χ4n) is 4.77. The molecule has 1 amide bonds. The first-order valence-electron chi connectivity index (χ1n) is 10.4. The molecule has 27 heavy (non-hydrogen) atoms. The average Bonchev–Trinajstić information content (AvgIpc) is 3.47. The molecule has 2 saturated heterocycles. The summed E-state index contributed by atoms with van der Waals surface area (Å²) in [6.45, 7) is 7.65. The molecule has 1 unspecified atom stereocenters. The first kappa shape index (κ1) is 18.9. The smallest absolute Gasteiger partial charge is 0.222 e. The number of likely N-dealkylation sites (tertiary alicyclic amines) is 1. The third-order valence-electron chi connectivity index (χ3n) is 6.96. The molecule has 148 valence electrons. The molecule has 4 rings (SSSR count). The van der Waals surface area contributed by atoms with Crippen molar-refractivity contribution in [2.75, 3.05) is 39.8 Å². The van der Waals surface area contributed by atoms with Gasteiger partial charge >= 0.3 is 0 Å². The van der Waals surface area contributed by atoms with Crippen molar-refractivity contribution in [1.82, 2.24) is 14.7 Å². The third kappa shape index (κ3) is 4.19. The van der Waals surface area contributed by atoms with E-state index in [2.05, 4.69) is 28.7 Å². The minimum Gasteiger partial charge on any atom is -0.342 e. The molecule has 0 bridgehead atoms. The fourth-order valence-corrected chi connectivity index (χ4v) is 4.77. The monoisotopic (exact) mass is 373 g/mol. The molecule has 1 spiro atoms. The quantitative estimate of drug-likeness (QED) is 0.812. The summed E-state index contributed by atoms with van der Waals surface area (Å²) in [5.41, 5.74) is 2.29. The molecule has 2 aliphatic heterocycles. The Balaban J connectivity index is 1.46. The van der Waals surface area contributed by atoms with Crippen LogP contribution in [0.2, 0.25) is 0 Å². The SMILES string of the molecule is Cc1ccc(F)cc1CN1CCN(C)C2(CCC(=O)N(CC3CC3)CC2)C1. The zero-order valence-corrected chi connectivity index (χ0v) is 16.7. The van der Waals surface area contributed by atoms with Gasteiger partial charge < -0.3 is 4.90 Å². The first-order valence-corrected chi connectivity index (χ1v) is 10.4. The van der Waals surface area contributed by atoms with Gasteiger partial charge in [0.25, 0.3) is 0 Å². The van der Waals surface area contributed by atoms with E-state index in [4.69, 9.17) is 0 Å². The lowest BCUT2D eigenvalue weighted by atomic mass is 9.86. The van der Waals surface area contributed by atoms with E-state index in [0.29, 0.717) is 12.3 Å². The number of rotatable bonds is 4. The highest BCUT2D eigenvalue weighted by Crippen LogP contribution is 2.35. The van der Waals surface area contributed by atoms with E-state index >= 15 is 0 Å². The maximum absolute atomic E-state index is 13.7. The second-order valence-electron chi connectivity index (χ2n) is 8.96. The van der Waals surface area contributed by atoms with Gasteiger partial charge in [-0.2, -0.15) is 0 Å². The summed E-state index contributed by atoms with van der Waals surface area (Å²) in [5, 5.41) is 0. The van der Waals surface area contributed by atoms with Crippen LogP contribution < -0.4 is 0 Å². The van der Waals surface area contributed by atoms with Gasteiger partial charge in [0.05, 0.1) is 0 Å². The van der Waals surface area contributed by atoms with Crippen molar-refractivity contribution in [2.45, 2.75) is 51.1 Å². The molecule has 1 aromatic carbocycles. The van der Waals surface area contributed by atoms with Gasteiger partial charge in [0.15, 0.2) is 0 Å². The molecular weight excluding hydrogens is 341 g/mol. The van der Waals surface area contributed by atoms with Gasteiger partial charge in [0.1, 0.15) is 5.82 Å². The molecule has 0 radical (unpaired) electrons. The molecule has 5 heteroatoms. The first-order chi connectivity index (χ1) is 12.9. The normalized spacial score (nSPS) is 28.0. The molecule has 0 N–H and O–H groups in total. The largest absolute Gasteiger partial charge is 0.342 e. The lowest BCUT2D eigenvalue weighted by Crippen LogP contribution is -2.60. The van der Waals surface area contributed by atoms with Gasteiger partial charge in [-0.05, 0) is 68.8 Å². The van der Waals surface area contributed by atoms with E-state index in [9.17, 15) is 9.18 Å². The number of amides is 1. The van der Waals surface area contributed by atoms with Crippen molar-refractivity contribution in [3.05, 3.63) is 35.1 Å². The van der Waals surface area contributed by atoms with Gasteiger partial charge in [0, 0.05) is 51.2 Å². The molecule has 4 nitrogen and oxygen atoms in total. The van der Waals surface area contributed by atoms with Crippen molar-refractivity contribution < 1.29 is 9.18 Å². The summed E-state index contributed by atoms with van der Waals surface area (Å²) in [4.78, 5) is 19.7. The molecule has 1 atom stereocenters. The zero-order chi connectivity index (χ0) is 19.0. The molecule has 1 aliphatic carbocycles. The Labute approximate surface area is 162 Å². The summed E-state index contributed by atoms with van der Waals surface area (Å²) in [6.07, 6.45) is 5.21. The van der Waals surface area contributed by atoms with Gasteiger partial charge in [-0.3, -0.25) is 14.6 Å². The number of carbonyl (C=O) groups is 1. The van der Waals surface area contributed by atoms with Crippen molar-refractivity contribution >= 4 is 5.91 Å². The van der Waals surface area contributed by atoms with E-state index in [1.165, 1.54) is 18.9 Å². The summed E-state index contributed by atoms with van der Waals surface area (Å²) in [6, 6.07) is 5.08. The van der Waals surface area contributed by atoms with Crippen molar-refractivity contribution in [1.29, 1.82) is 0 Å². The van der Waals surface area contributed by atoms with Gasteiger partial charge in [-0.1, -0.05) is 6.07 Å². The predicted octanol–water partition coefficient (Wildman–Crippen LogP) is 3.04. The van der Waals surface area contributed by atoms with Crippen LogP contribution in [0.3, 0.4) is 0 Å². The number of nitrogens with zero attached hydrogens (tertiary/aromatic N) is 3. The van der Waals surface area contributed by atoms with E-state index in [1.807, 2.05) is 6.07 Å². The maximum Gasteiger partial charge on any atom is 0.222 e. The van der Waals surface area contributed by atoms with Crippen LogP contribution >= 0.6 is 0 Å². The number of hydrogen-bond acceptors (Lipinski definition) is 3. The van der Waals surface area contributed by atoms with Crippen molar-refractivity contribution in [3.63, 3.8) is 0 Å². The van der Waals surface area contributed by atoms with Crippen LogP contribution in [-0.4, -0.2) is 65.9 Å². The topological polar surface area (TPSA) is 26.8 Å². The van der Waals surface area contributed by atoms with Crippen LogP contribution in [0.15, 0.2) is 18.2 Å². The number of carbonyl (C=O) groups excluding carboxylic acids is 1. The van der Waals surface area contributed by atoms with Gasteiger partial charge in [0.2, 0.25) is 5.91 Å². The second kappa shape index (κ2) is 7.51. The van der Waals surface area contributed by atoms with Crippen LogP contribution in [0, 0.1) is 18.7 Å². The predicted molar refractivity (Wildman–Crippen MR) is 105 cm³/mol. The Bertz CT molecular complexity index is 705. The lowest BCUT2D eigenvalue weighted by Gasteiger charge is -2.49. The number of piperazine rings is 1. The highest BCUT2D eigenvalue weighted by molar-refractivity contribution is 5.76. The number of aryl methyl sites for hydroxylation is 1. The summed E-state index contributed by atoms with van der Waals surface area (Å²) < 4.78 is 13.7. The van der Waals surface area contributed by atoms with Crippen LogP contribution in [0.4, 0.5) is 4.39 Å². The molecule has 0 aromatic heterocycles. The standard InChI is InChI=1S/C22H32FN3O/c1-17-3-6-20(23)13-19(17)15-25-12-11-24(2)22(16-25)8-7-21(27)26(10-9-22)14-18-4-5-18/h3,6,13,18H,4-5,7-12,14-16H2,1-2H3. The molecule has 3 fully saturated rings. The summed E-state index contributed by atoms with van der Waals surface area (Å²) in [5.74, 6) is 0.931. The van der Waals surface area contributed by atoms with Crippen molar-refractivity contribution in [2.24, 2.45) is 5.92 Å². The lowest BCUT2D eigenvalue weighted by molar-refractivity contribution is -0.131. The Hall–Kier alpha value is -1.46. The van der Waals surface area contributed by atoms with Crippen LogP contribution in [0.5, 0.6) is 0 Å². The highest BCUT2D eigenvalue weighted by Gasteiger charge is 2.42. The minimum atomic E-state index is -0.157. The fraction of sp³-hybridized carbons (Fsp3) is 0.682. The Morgan fingerprint density at radius 1 is 1.19 bits per heavy atom. The number of halogens is 1. The Morgan fingerprint density at radius 3 is 2.78 bits per heavy atom. The second-order valence-corrected chi connectivity index (χ2v) is 8.96. The van der Waals surface area contributed by atoms with Crippen LogP contribution in [0.25, 0.3) is 0 Å². The van der Waals surface area contributed by atoms with E-state index in [0.717, 1.165) is 69.2 Å². The number of benzene rings is 1. The summed E-state index contributed by atoms with van der Waals surface area (Å²) in [7, 11) is 2.21. The van der Waals surface area contributed by atoms with E-state index in [1.54, 1.807) is 6.07 Å². The van der Waals surface area contributed by atoms with Crippen LogP contribution in [0.1, 0.15) is 43.2 Å². The Kier molecular flexibility index (Phi) is 5.26. The highest BCUT2D eigenvalue weighted by atomic mass is 19.1. The van der Waals surface area contributed by atoms with Gasteiger partial charge in [-0.25, -0.2) is 4.39 Å². The Morgan fingerprint density at radius 2 is 2.00 bits per heavy atom. The maximum atomic E-state index is 13.7. The molecular formula is C22H32FN3O. The molecule has 1 aromatic rings. The van der Waals surface area contributed by atoms with Crippen LogP contribution in [-0.2, 0) is 11.3 Å². The summed E-state index contributed by atoms with van der Waals surface area (Å²) >= 11 is 0. The average molecular weight is 374 g/mol. The van der Waals surface area contributed by atoms with Gasteiger partial charge in [-0.15, -0.1) is 0 Å². The number of likely N-dealkylation sites (N-methyl/N-ethyl adjacent to an activating group) is 1. The minimum absolute atomic E-state index is 0.0629. The van der Waals surface area contributed by atoms with Crippen molar-refractivity contribution in [3.8, 4) is 0 Å². The molecule has 2 heterocycles. The molecule has 3 aliphatic rings. The zero-order valence-electron chi connectivity index (χ0n) is 16.7.